The number of carbonyl (C=O) groups excluding carboxylic acids is 2. The molecule has 2 unspecified atom stereocenters. The van der Waals surface area contributed by atoms with Crippen molar-refractivity contribution >= 4 is 11.9 Å². The molecule has 2 atom stereocenters. The molecule has 0 aliphatic rings. The molecule has 0 radical (unpaired) electrons. The van der Waals surface area contributed by atoms with Crippen LogP contribution in [0.3, 0.4) is 0 Å². The monoisotopic (exact) mass is 1190 g/mol. The second-order valence-electron chi connectivity index (χ2n) is 26.7. The highest BCUT2D eigenvalue weighted by Crippen LogP contribution is 2.19. The molecule has 0 bridgehead atoms. The van der Waals surface area contributed by atoms with Gasteiger partial charge in [0.1, 0.15) is 0 Å². The lowest BCUT2D eigenvalue weighted by Crippen LogP contribution is -2.45. The zero-order chi connectivity index (χ0) is 61.3. The number of nitrogens with one attached hydrogen (secondary N) is 1. The van der Waals surface area contributed by atoms with Crippen LogP contribution < -0.4 is 5.32 Å². The minimum Gasteiger partial charge on any atom is -0.466 e. The molecule has 6 heteroatoms. The van der Waals surface area contributed by atoms with Crippen molar-refractivity contribution in [1.29, 1.82) is 0 Å². The second kappa shape index (κ2) is 74.5. The first-order chi connectivity index (χ1) is 42.0. The number of allylic oxidation sites excluding steroid dienone is 5. The average Bonchev–Trinajstić information content (AvgIpc) is 3.51. The third-order valence-corrected chi connectivity index (χ3v) is 18.1. The fourth-order valence-electron chi connectivity index (χ4n) is 12.2. The summed E-state index contributed by atoms with van der Waals surface area (Å²) in [5, 5.41) is 23.3. The molecule has 0 fully saturated rings. The minimum atomic E-state index is -0.845. The molecule has 0 aromatic rings. The van der Waals surface area contributed by atoms with Crippen LogP contribution in [0.15, 0.2) is 36.5 Å². The number of hydrogen-bond donors (Lipinski definition) is 3. The number of ether oxygens (including phenoxy) is 1. The zero-order valence-corrected chi connectivity index (χ0v) is 57.6. The van der Waals surface area contributed by atoms with Gasteiger partial charge in [-0.15, -0.1) is 0 Å². The van der Waals surface area contributed by atoms with Gasteiger partial charge in [0.25, 0.3) is 0 Å². The third kappa shape index (κ3) is 71.0. The standard InChI is InChI=1S/C79H151NO5/c1-3-5-7-9-11-13-15-17-19-20-21-22-34-37-40-44-47-51-55-59-63-67-71-77(82)76(75-81)80-78(83)72-68-64-60-56-52-48-45-41-38-35-32-30-28-26-24-23-25-27-29-31-33-36-39-42-46-50-54-58-62-66-70-74-85-79(84)73-69-65-61-57-53-49-43-18-16-14-12-10-8-6-4-2/h18,25,27,43,67,71,76-77,81-82H,3-17,19-24,26,28-42,44-66,68-70,72-75H2,1-2H3,(H,80,83)/b27-25-,43-18-,71-67+. The van der Waals surface area contributed by atoms with E-state index < -0.39 is 12.1 Å². The van der Waals surface area contributed by atoms with Gasteiger partial charge in [-0.3, -0.25) is 9.59 Å². The molecule has 0 aliphatic heterocycles. The van der Waals surface area contributed by atoms with E-state index in [0.717, 1.165) is 44.9 Å². The smallest absolute Gasteiger partial charge is 0.305 e. The predicted molar refractivity (Wildman–Crippen MR) is 375 cm³/mol. The summed E-state index contributed by atoms with van der Waals surface area (Å²) < 4.78 is 5.49. The number of carbonyl (C=O) groups is 2. The molecule has 0 saturated heterocycles. The number of rotatable bonds is 73. The molecule has 3 N–H and O–H groups in total. The Morgan fingerprint density at radius 3 is 0.835 bits per heavy atom. The largest absolute Gasteiger partial charge is 0.466 e. The van der Waals surface area contributed by atoms with Crippen LogP contribution in [0, 0.1) is 0 Å². The normalized spacial score (nSPS) is 12.7. The molecular formula is C79H151NO5. The first kappa shape index (κ1) is 83.1. The van der Waals surface area contributed by atoms with Gasteiger partial charge in [-0.25, -0.2) is 0 Å². The molecule has 6 nitrogen and oxygen atoms in total. The summed E-state index contributed by atoms with van der Waals surface area (Å²) in [6.45, 7) is 4.94. The van der Waals surface area contributed by atoms with Gasteiger partial charge in [0.05, 0.1) is 25.4 Å². The highest BCUT2D eigenvalue weighted by Gasteiger charge is 2.18. The quantitative estimate of drug-likeness (QED) is 0.0320. The second-order valence-corrected chi connectivity index (χ2v) is 26.7. The Balaban J connectivity index is 3.39. The highest BCUT2D eigenvalue weighted by molar-refractivity contribution is 5.76. The summed E-state index contributed by atoms with van der Waals surface area (Å²) in [5.74, 6) is -0.0514. The Kier molecular flexibility index (Phi) is 72.9. The van der Waals surface area contributed by atoms with Gasteiger partial charge in [0.2, 0.25) is 5.91 Å². The fourth-order valence-corrected chi connectivity index (χ4v) is 12.2. The molecule has 85 heavy (non-hydrogen) atoms. The van der Waals surface area contributed by atoms with Gasteiger partial charge in [0, 0.05) is 12.8 Å². The van der Waals surface area contributed by atoms with Crippen molar-refractivity contribution in [2.24, 2.45) is 0 Å². The summed E-state index contributed by atoms with van der Waals surface area (Å²) in [7, 11) is 0. The van der Waals surface area contributed by atoms with E-state index in [-0.39, 0.29) is 18.5 Å². The number of aliphatic hydroxyl groups excluding tert-OH is 2. The van der Waals surface area contributed by atoms with Gasteiger partial charge in [-0.2, -0.15) is 0 Å². The fraction of sp³-hybridized carbons (Fsp3) is 0.899. The van der Waals surface area contributed by atoms with Crippen LogP contribution in [0.1, 0.15) is 431 Å². The van der Waals surface area contributed by atoms with E-state index in [0.29, 0.717) is 19.4 Å². The van der Waals surface area contributed by atoms with Crippen LogP contribution >= 0.6 is 0 Å². The molecule has 1 amide bonds. The maximum absolute atomic E-state index is 12.5. The van der Waals surface area contributed by atoms with Crippen molar-refractivity contribution in [3.8, 4) is 0 Å². The molecule has 0 heterocycles. The number of hydrogen-bond acceptors (Lipinski definition) is 5. The topological polar surface area (TPSA) is 95.9 Å². The van der Waals surface area contributed by atoms with Gasteiger partial charge in [0.15, 0.2) is 0 Å². The number of aliphatic hydroxyl groups is 2. The van der Waals surface area contributed by atoms with Crippen LogP contribution in [0.25, 0.3) is 0 Å². The van der Waals surface area contributed by atoms with Crippen molar-refractivity contribution in [1.82, 2.24) is 5.32 Å². The first-order valence-corrected chi connectivity index (χ1v) is 38.8. The van der Waals surface area contributed by atoms with Gasteiger partial charge in [-0.05, 0) is 83.5 Å². The van der Waals surface area contributed by atoms with E-state index in [1.54, 1.807) is 6.08 Å². The molecule has 0 aromatic heterocycles. The first-order valence-electron chi connectivity index (χ1n) is 38.8. The molecule has 0 aromatic carbocycles. The maximum Gasteiger partial charge on any atom is 0.305 e. The van der Waals surface area contributed by atoms with Crippen molar-refractivity contribution in [3.05, 3.63) is 36.5 Å². The molecule has 0 spiro atoms. The third-order valence-electron chi connectivity index (χ3n) is 18.1. The van der Waals surface area contributed by atoms with Crippen LogP contribution in [0.2, 0.25) is 0 Å². The highest BCUT2D eigenvalue weighted by atomic mass is 16.5. The van der Waals surface area contributed by atoms with E-state index in [1.807, 2.05) is 6.08 Å². The summed E-state index contributed by atoms with van der Waals surface area (Å²) >= 11 is 0. The van der Waals surface area contributed by atoms with Crippen LogP contribution in [0.4, 0.5) is 0 Å². The Labute approximate surface area is 532 Å². The molecule has 502 valence electrons. The summed E-state index contributed by atoms with van der Waals surface area (Å²) in [6.07, 6.45) is 96.8. The summed E-state index contributed by atoms with van der Waals surface area (Å²) in [6, 6.07) is -0.628. The summed E-state index contributed by atoms with van der Waals surface area (Å²) in [5.41, 5.74) is 0. The Bertz CT molecular complexity index is 1380. The molecular weight excluding hydrogens is 1040 g/mol. The van der Waals surface area contributed by atoms with Crippen molar-refractivity contribution in [3.63, 3.8) is 0 Å². The number of amides is 1. The van der Waals surface area contributed by atoms with Crippen molar-refractivity contribution < 1.29 is 24.5 Å². The maximum atomic E-state index is 12.5. The lowest BCUT2D eigenvalue weighted by molar-refractivity contribution is -0.143. The number of unbranched alkanes of at least 4 members (excludes halogenated alkanes) is 58. The Hall–Kier alpha value is -1.92. The predicted octanol–water partition coefficient (Wildman–Crippen LogP) is 25.4. The van der Waals surface area contributed by atoms with Crippen LogP contribution in [0.5, 0.6) is 0 Å². The summed E-state index contributed by atoms with van der Waals surface area (Å²) in [4.78, 5) is 24.6. The Morgan fingerprint density at radius 1 is 0.318 bits per heavy atom. The van der Waals surface area contributed by atoms with E-state index in [4.69, 9.17) is 4.74 Å². The SMILES string of the molecule is CCCCCCCC/C=C\CCCCCCCC(=O)OCCCCCCCCCCCCCC/C=C\CCCCCCCCCCCCCCCCCC(=O)NC(CO)C(O)/C=C/CCCCCCCCCCCCCCCCCCCCCC. The van der Waals surface area contributed by atoms with E-state index in [1.165, 1.54) is 360 Å². The minimum absolute atomic E-state index is 0.0101. The molecule has 0 rings (SSSR count). The van der Waals surface area contributed by atoms with Gasteiger partial charge < -0.3 is 20.3 Å². The van der Waals surface area contributed by atoms with Gasteiger partial charge >= 0.3 is 5.97 Å². The van der Waals surface area contributed by atoms with Gasteiger partial charge in [-0.1, -0.05) is 371 Å². The van der Waals surface area contributed by atoms with E-state index in [2.05, 4.69) is 43.5 Å². The van der Waals surface area contributed by atoms with Crippen molar-refractivity contribution in [2.75, 3.05) is 13.2 Å². The number of esters is 1. The Morgan fingerprint density at radius 2 is 0.553 bits per heavy atom. The lowest BCUT2D eigenvalue weighted by Gasteiger charge is -2.20. The van der Waals surface area contributed by atoms with E-state index >= 15 is 0 Å². The van der Waals surface area contributed by atoms with Crippen LogP contribution in [-0.2, 0) is 14.3 Å². The van der Waals surface area contributed by atoms with E-state index in [9.17, 15) is 19.8 Å². The zero-order valence-electron chi connectivity index (χ0n) is 57.6. The lowest BCUT2D eigenvalue weighted by atomic mass is 10.0. The molecule has 0 saturated carbocycles. The molecule has 0 aliphatic carbocycles. The van der Waals surface area contributed by atoms with Crippen LogP contribution in [-0.4, -0.2) is 47.4 Å². The average molecular weight is 1200 g/mol. The van der Waals surface area contributed by atoms with Crippen molar-refractivity contribution in [2.45, 2.75) is 443 Å².